The summed E-state index contributed by atoms with van der Waals surface area (Å²) < 4.78 is 0. The van der Waals surface area contributed by atoms with Gasteiger partial charge in [0.15, 0.2) is 11.6 Å². The van der Waals surface area contributed by atoms with E-state index in [0.29, 0.717) is 18.4 Å². The standard InChI is InChI=1S/C14H22O2/c1-3-4-5-6-7-8-11(2)14-12(15)9-10-13(14)16/h3-10H2,1-2H3. The predicted molar refractivity (Wildman–Crippen MR) is 65.3 cm³/mol. The second-order valence-electron chi connectivity index (χ2n) is 4.67. The molecule has 1 aliphatic carbocycles. The van der Waals surface area contributed by atoms with E-state index in [0.717, 1.165) is 18.4 Å². The Morgan fingerprint density at radius 1 is 1.00 bits per heavy atom. The fourth-order valence-electron chi connectivity index (χ4n) is 2.23. The van der Waals surface area contributed by atoms with Crippen LogP contribution < -0.4 is 0 Å². The van der Waals surface area contributed by atoms with Gasteiger partial charge in [-0.3, -0.25) is 9.59 Å². The Hall–Kier alpha value is -0.920. The number of rotatable bonds is 6. The van der Waals surface area contributed by atoms with Gasteiger partial charge in [-0.1, -0.05) is 38.2 Å². The highest BCUT2D eigenvalue weighted by atomic mass is 16.2. The monoisotopic (exact) mass is 222 g/mol. The molecule has 0 aromatic heterocycles. The van der Waals surface area contributed by atoms with Gasteiger partial charge in [-0.05, 0) is 19.8 Å². The number of ketones is 2. The summed E-state index contributed by atoms with van der Waals surface area (Å²) in [6.07, 6.45) is 7.89. The van der Waals surface area contributed by atoms with Crippen molar-refractivity contribution in [3.63, 3.8) is 0 Å². The highest BCUT2D eigenvalue weighted by molar-refractivity contribution is 6.25. The van der Waals surface area contributed by atoms with Crippen LogP contribution in [0, 0.1) is 0 Å². The van der Waals surface area contributed by atoms with E-state index in [1.165, 1.54) is 25.7 Å². The minimum Gasteiger partial charge on any atom is -0.294 e. The Balaban J connectivity index is 2.38. The molecule has 1 rings (SSSR count). The maximum absolute atomic E-state index is 11.5. The number of carbonyl (C=O) groups is 2. The molecular formula is C14H22O2. The molecular weight excluding hydrogens is 200 g/mol. The Morgan fingerprint density at radius 2 is 1.56 bits per heavy atom. The molecule has 0 N–H and O–H groups in total. The van der Waals surface area contributed by atoms with Gasteiger partial charge in [0.1, 0.15) is 0 Å². The molecule has 90 valence electrons. The summed E-state index contributed by atoms with van der Waals surface area (Å²) in [5, 5.41) is 0. The maximum Gasteiger partial charge on any atom is 0.166 e. The van der Waals surface area contributed by atoms with Gasteiger partial charge in [-0.25, -0.2) is 0 Å². The minimum atomic E-state index is 0.0658. The van der Waals surface area contributed by atoms with Crippen molar-refractivity contribution in [2.24, 2.45) is 0 Å². The average molecular weight is 222 g/mol. The SMILES string of the molecule is CCCCCCCC(C)=C1C(=O)CCC1=O. The molecule has 16 heavy (non-hydrogen) atoms. The van der Waals surface area contributed by atoms with Gasteiger partial charge in [-0.15, -0.1) is 0 Å². The van der Waals surface area contributed by atoms with Gasteiger partial charge >= 0.3 is 0 Å². The molecule has 0 aromatic rings. The molecule has 2 nitrogen and oxygen atoms in total. The van der Waals surface area contributed by atoms with Gasteiger partial charge in [0.25, 0.3) is 0 Å². The van der Waals surface area contributed by atoms with E-state index < -0.39 is 0 Å². The maximum atomic E-state index is 11.5. The van der Waals surface area contributed by atoms with Gasteiger partial charge in [-0.2, -0.15) is 0 Å². The van der Waals surface area contributed by atoms with E-state index in [1.54, 1.807) is 0 Å². The summed E-state index contributed by atoms with van der Waals surface area (Å²) in [7, 11) is 0. The van der Waals surface area contributed by atoms with Crippen molar-refractivity contribution >= 4 is 11.6 Å². The van der Waals surface area contributed by atoms with E-state index in [1.807, 2.05) is 6.92 Å². The lowest BCUT2D eigenvalue weighted by molar-refractivity contribution is -0.116. The molecule has 1 fully saturated rings. The third-order valence-corrected chi connectivity index (χ3v) is 3.22. The molecule has 2 heteroatoms. The van der Waals surface area contributed by atoms with Crippen LogP contribution >= 0.6 is 0 Å². The number of Topliss-reactive ketones (excluding diaryl/α,β-unsaturated/α-hetero) is 2. The van der Waals surface area contributed by atoms with Crippen molar-refractivity contribution in [2.75, 3.05) is 0 Å². The van der Waals surface area contributed by atoms with Crippen LogP contribution in [-0.2, 0) is 9.59 Å². The molecule has 0 spiro atoms. The zero-order chi connectivity index (χ0) is 12.0. The van der Waals surface area contributed by atoms with E-state index >= 15 is 0 Å². The second kappa shape index (κ2) is 6.62. The van der Waals surface area contributed by atoms with Crippen LogP contribution in [0.2, 0.25) is 0 Å². The third kappa shape index (κ3) is 3.58. The molecule has 0 heterocycles. The van der Waals surface area contributed by atoms with Crippen LogP contribution in [0.5, 0.6) is 0 Å². The summed E-state index contributed by atoms with van der Waals surface area (Å²) in [5.41, 5.74) is 1.54. The van der Waals surface area contributed by atoms with Crippen LogP contribution in [0.4, 0.5) is 0 Å². The molecule has 1 saturated carbocycles. The van der Waals surface area contributed by atoms with E-state index in [-0.39, 0.29) is 11.6 Å². The van der Waals surface area contributed by atoms with E-state index in [2.05, 4.69) is 6.92 Å². The largest absolute Gasteiger partial charge is 0.294 e. The Labute approximate surface area is 98.1 Å². The fraction of sp³-hybridized carbons (Fsp3) is 0.714. The van der Waals surface area contributed by atoms with Gasteiger partial charge < -0.3 is 0 Å². The lowest BCUT2D eigenvalue weighted by Gasteiger charge is -2.04. The van der Waals surface area contributed by atoms with Gasteiger partial charge in [0.05, 0.1) is 5.57 Å². The molecule has 0 saturated heterocycles. The quantitative estimate of drug-likeness (QED) is 0.391. The molecule has 1 aliphatic rings. The first-order chi connectivity index (χ1) is 7.66. The molecule has 0 unspecified atom stereocenters. The number of unbranched alkanes of at least 4 members (excludes halogenated alkanes) is 4. The zero-order valence-electron chi connectivity index (χ0n) is 10.5. The van der Waals surface area contributed by atoms with Crippen molar-refractivity contribution in [1.82, 2.24) is 0 Å². The van der Waals surface area contributed by atoms with E-state index in [4.69, 9.17) is 0 Å². The van der Waals surface area contributed by atoms with Crippen LogP contribution in [0.25, 0.3) is 0 Å². The molecule has 0 aliphatic heterocycles. The smallest absolute Gasteiger partial charge is 0.166 e. The zero-order valence-corrected chi connectivity index (χ0v) is 10.5. The summed E-state index contributed by atoms with van der Waals surface area (Å²) in [6.45, 7) is 4.14. The Morgan fingerprint density at radius 3 is 2.12 bits per heavy atom. The highest BCUT2D eigenvalue weighted by Crippen LogP contribution is 2.23. The first-order valence-corrected chi connectivity index (χ1v) is 6.43. The normalized spacial score (nSPS) is 16.0. The molecule has 0 radical (unpaired) electrons. The van der Waals surface area contributed by atoms with Crippen molar-refractivity contribution in [2.45, 2.75) is 65.2 Å². The van der Waals surface area contributed by atoms with Crippen LogP contribution in [0.15, 0.2) is 11.1 Å². The van der Waals surface area contributed by atoms with E-state index in [9.17, 15) is 9.59 Å². The average Bonchev–Trinajstić information content (AvgIpc) is 2.58. The molecule has 0 amide bonds. The first kappa shape index (κ1) is 13.1. The van der Waals surface area contributed by atoms with Crippen molar-refractivity contribution < 1.29 is 9.59 Å². The highest BCUT2D eigenvalue weighted by Gasteiger charge is 2.27. The summed E-state index contributed by atoms with van der Waals surface area (Å²) in [6, 6.07) is 0. The number of allylic oxidation sites excluding steroid dienone is 2. The third-order valence-electron chi connectivity index (χ3n) is 3.22. The number of hydrogen-bond acceptors (Lipinski definition) is 2. The second-order valence-corrected chi connectivity index (χ2v) is 4.67. The predicted octanol–water partition coefficient (Wildman–Crippen LogP) is 3.60. The summed E-state index contributed by atoms with van der Waals surface area (Å²) in [4.78, 5) is 23.0. The van der Waals surface area contributed by atoms with Gasteiger partial charge in [0.2, 0.25) is 0 Å². The topological polar surface area (TPSA) is 34.1 Å². The first-order valence-electron chi connectivity index (χ1n) is 6.43. The summed E-state index contributed by atoms with van der Waals surface area (Å²) in [5.74, 6) is 0.132. The minimum absolute atomic E-state index is 0.0658. The van der Waals surface area contributed by atoms with Crippen LogP contribution in [0.1, 0.15) is 65.2 Å². The number of hydrogen-bond donors (Lipinski definition) is 0. The Bertz CT molecular complexity index is 282. The van der Waals surface area contributed by atoms with Crippen LogP contribution in [-0.4, -0.2) is 11.6 Å². The molecule has 0 bridgehead atoms. The summed E-state index contributed by atoms with van der Waals surface area (Å²) >= 11 is 0. The lowest BCUT2D eigenvalue weighted by atomic mass is 10.0. The van der Waals surface area contributed by atoms with Crippen molar-refractivity contribution in [3.8, 4) is 0 Å². The molecule has 0 atom stereocenters. The van der Waals surface area contributed by atoms with Crippen molar-refractivity contribution in [3.05, 3.63) is 11.1 Å². The van der Waals surface area contributed by atoms with Crippen LogP contribution in [0.3, 0.4) is 0 Å². The fourth-order valence-corrected chi connectivity index (χ4v) is 2.23. The number of carbonyl (C=O) groups excluding carboxylic acids is 2. The van der Waals surface area contributed by atoms with Crippen molar-refractivity contribution in [1.29, 1.82) is 0 Å². The molecule has 0 aromatic carbocycles. The lowest BCUT2D eigenvalue weighted by Crippen LogP contribution is -2.03. The van der Waals surface area contributed by atoms with Gasteiger partial charge in [0, 0.05) is 12.8 Å². The Kier molecular flexibility index (Phi) is 5.44.